The average molecular weight is 261 g/mol. The van der Waals surface area contributed by atoms with Gasteiger partial charge in [-0.05, 0) is 32.0 Å². The quantitative estimate of drug-likeness (QED) is 0.870. The van der Waals surface area contributed by atoms with Gasteiger partial charge in [0, 0.05) is 31.7 Å². The third-order valence-corrected chi connectivity index (χ3v) is 4.37. The van der Waals surface area contributed by atoms with Crippen molar-refractivity contribution in [1.82, 2.24) is 9.80 Å². The fraction of sp³-hybridized carbons (Fsp3) is 0.625. The van der Waals surface area contributed by atoms with Crippen molar-refractivity contribution in [2.24, 2.45) is 11.7 Å². The van der Waals surface area contributed by atoms with E-state index in [4.69, 9.17) is 5.73 Å². The zero-order valence-electron chi connectivity index (χ0n) is 12.4. The van der Waals surface area contributed by atoms with Gasteiger partial charge in [0.2, 0.25) is 0 Å². The first-order chi connectivity index (χ1) is 9.11. The Balaban J connectivity index is 1.99. The minimum absolute atomic E-state index is 0.467. The number of benzene rings is 1. The van der Waals surface area contributed by atoms with Gasteiger partial charge in [0.15, 0.2) is 0 Å². The predicted molar refractivity (Wildman–Crippen MR) is 81.2 cm³/mol. The second kappa shape index (κ2) is 6.51. The normalized spacial score (nSPS) is 25.9. The smallest absolute Gasteiger partial charge is 0.0259 e. The molecule has 106 valence electrons. The van der Waals surface area contributed by atoms with Crippen LogP contribution in [0.4, 0.5) is 0 Å². The molecular weight excluding hydrogens is 234 g/mol. The molecule has 0 radical (unpaired) electrons. The Morgan fingerprint density at radius 3 is 2.47 bits per heavy atom. The topological polar surface area (TPSA) is 32.5 Å². The van der Waals surface area contributed by atoms with E-state index in [0.29, 0.717) is 12.1 Å². The second-order valence-corrected chi connectivity index (χ2v) is 6.04. The van der Waals surface area contributed by atoms with E-state index < -0.39 is 0 Å². The van der Waals surface area contributed by atoms with E-state index >= 15 is 0 Å². The van der Waals surface area contributed by atoms with E-state index in [2.05, 4.69) is 61.2 Å². The summed E-state index contributed by atoms with van der Waals surface area (Å²) in [5.41, 5.74) is 7.40. The molecule has 2 rings (SSSR count). The van der Waals surface area contributed by atoms with Gasteiger partial charge in [-0.2, -0.15) is 0 Å². The molecule has 1 aromatic carbocycles. The molecule has 1 aliphatic heterocycles. The number of nitrogens with two attached hydrogens (primary N) is 1. The highest BCUT2D eigenvalue weighted by Crippen LogP contribution is 2.23. The van der Waals surface area contributed by atoms with Crippen LogP contribution in [-0.4, -0.2) is 55.6 Å². The maximum atomic E-state index is 6.01. The molecule has 0 aliphatic carbocycles. The number of likely N-dealkylation sites (N-methyl/N-ethyl adjacent to an activating group) is 1. The van der Waals surface area contributed by atoms with Crippen LogP contribution < -0.4 is 5.73 Å². The SMILES string of the molecule is CC1CN(C(CN)Cc2ccccc2)CC1N(C)C. The maximum absolute atomic E-state index is 6.01. The third kappa shape index (κ3) is 3.56. The molecule has 1 aliphatic rings. The van der Waals surface area contributed by atoms with Gasteiger partial charge in [-0.3, -0.25) is 4.90 Å². The molecule has 3 unspecified atom stereocenters. The van der Waals surface area contributed by atoms with Crippen LogP contribution in [0.2, 0.25) is 0 Å². The summed E-state index contributed by atoms with van der Waals surface area (Å²) in [4.78, 5) is 4.92. The summed E-state index contributed by atoms with van der Waals surface area (Å²) in [6.45, 7) is 5.39. The molecule has 1 aromatic rings. The molecule has 3 heteroatoms. The van der Waals surface area contributed by atoms with Crippen LogP contribution in [0.15, 0.2) is 30.3 Å². The molecule has 19 heavy (non-hydrogen) atoms. The summed E-state index contributed by atoms with van der Waals surface area (Å²) in [6.07, 6.45) is 1.06. The highest BCUT2D eigenvalue weighted by molar-refractivity contribution is 5.16. The Kier molecular flexibility index (Phi) is 4.97. The highest BCUT2D eigenvalue weighted by atomic mass is 15.3. The summed E-state index contributed by atoms with van der Waals surface area (Å²) < 4.78 is 0. The highest BCUT2D eigenvalue weighted by Gasteiger charge is 2.34. The summed E-state index contributed by atoms with van der Waals surface area (Å²) in [6, 6.07) is 11.8. The molecule has 3 nitrogen and oxygen atoms in total. The Labute approximate surface area is 117 Å². The molecule has 1 fully saturated rings. The number of likely N-dealkylation sites (tertiary alicyclic amines) is 1. The monoisotopic (exact) mass is 261 g/mol. The lowest BCUT2D eigenvalue weighted by Crippen LogP contribution is -2.42. The van der Waals surface area contributed by atoms with Gasteiger partial charge in [-0.15, -0.1) is 0 Å². The maximum Gasteiger partial charge on any atom is 0.0259 e. The Hall–Kier alpha value is -0.900. The van der Waals surface area contributed by atoms with Crippen molar-refractivity contribution in [3.8, 4) is 0 Å². The van der Waals surface area contributed by atoms with E-state index in [1.54, 1.807) is 0 Å². The van der Waals surface area contributed by atoms with Crippen LogP contribution >= 0.6 is 0 Å². The average Bonchev–Trinajstić information content (AvgIpc) is 2.79. The van der Waals surface area contributed by atoms with Gasteiger partial charge >= 0.3 is 0 Å². The van der Waals surface area contributed by atoms with Crippen molar-refractivity contribution in [2.75, 3.05) is 33.7 Å². The number of hydrogen-bond acceptors (Lipinski definition) is 3. The molecule has 0 saturated carbocycles. The van der Waals surface area contributed by atoms with Crippen molar-refractivity contribution in [3.63, 3.8) is 0 Å². The Morgan fingerprint density at radius 2 is 1.95 bits per heavy atom. The van der Waals surface area contributed by atoms with Gasteiger partial charge < -0.3 is 10.6 Å². The fourth-order valence-electron chi connectivity index (χ4n) is 3.20. The van der Waals surface area contributed by atoms with Crippen molar-refractivity contribution >= 4 is 0 Å². The molecule has 3 atom stereocenters. The summed E-state index contributed by atoms with van der Waals surface area (Å²) in [7, 11) is 4.36. The first kappa shape index (κ1) is 14.5. The van der Waals surface area contributed by atoms with Gasteiger partial charge in [0.05, 0.1) is 0 Å². The first-order valence-electron chi connectivity index (χ1n) is 7.26. The van der Waals surface area contributed by atoms with Gasteiger partial charge in [-0.1, -0.05) is 37.3 Å². The van der Waals surface area contributed by atoms with E-state index in [0.717, 1.165) is 32.0 Å². The van der Waals surface area contributed by atoms with E-state index in [9.17, 15) is 0 Å². The van der Waals surface area contributed by atoms with Gasteiger partial charge in [0.1, 0.15) is 0 Å². The van der Waals surface area contributed by atoms with Crippen molar-refractivity contribution in [2.45, 2.75) is 25.4 Å². The fourth-order valence-corrected chi connectivity index (χ4v) is 3.20. The lowest BCUT2D eigenvalue weighted by atomic mass is 10.0. The molecule has 0 bridgehead atoms. The molecule has 1 saturated heterocycles. The summed E-state index contributed by atoms with van der Waals surface area (Å²) in [5, 5.41) is 0. The van der Waals surface area contributed by atoms with E-state index in [1.165, 1.54) is 5.56 Å². The first-order valence-corrected chi connectivity index (χ1v) is 7.26. The van der Waals surface area contributed by atoms with Crippen LogP contribution in [0.1, 0.15) is 12.5 Å². The zero-order chi connectivity index (χ0) is 13.8. The van der Waals surface area contributed by atoms with Gasteiger partial charge in [0.25, 0.3) is 0 Å². The molecule has 0 spiro atoms. The summed E-state index contributed by atoms with van der Waals surface area (Å²) in [5.74, 6) is 0.722. The van der Waals surface area contributed by atoms with Gasteiger partial charge in [-0.25, -0.2) is 0 Å². The number of nitrogens with zero attached hydrogens (tertiary/aromatic N) is 2. The summed E-state index contributed by atoms with van der Waals surface area (Å²) >= 11 is 0. The van der Waals surface area contributed by atoms with Crippen LogP contribution in [0.25, 0.3) is 0 Å². The molecule has 0 amide bonds. The number of rotatable bonds is 5. The van der Waals surface area contributed by atoms with E-state index in [-0.39, 0.29) is 0 Å². The van der Waals surface area contributed by atoms with Crippen LogP contribution in [0.3, 0.4) is 0 Å². The Morgan fingerprint density at radius 1 is 1.26 bits per heavy atom. The molecule has 0 aromatic heterocycles. The minimum atomic E-state index is 0.467. The van der Waals surface area contributed by atoms with Crippen molar-refractivity contribution in [1.29, 1.82) is 0 Å². The van der Waals surface area contributed by atoms with Crippen LogP contribution in [0.5, 0.6) is 0 Å². The zero-order valence-corrected chi connectivity index (χ0v) is 12.4. The molecule has 2 N–H and O–H groups in total. The molecular formula is C16H27N3. The second-order valence-electron chi connectivity index (χ2n) is 6.04. The molecule has 1 heterocycles. The lowest BCUT2D eigenvalue weighted by Gasteiger charge is -2.28. The third-order valence-electron chi connectivity index (χ3n) is 4.37. The standard InChI is InChI=1S/C16H27N3/c1-13-11-19(12-16(13)18(2)3)15(10-17)9-14-7-5-4-6-8-14/h4-8,13,15-16H,9-12,17H2,1-3H3. The largest absolute Gasteiger partial charge is 0.329 e. The predicted octanol–water partition coefficient (Wildman–Crippen LogP) is 1.44. The van der Waals surface area contributed by atoms with Crippen LogP contribution in [-0.2, 0) is 6.42 Å². The Bertz CT molecular complexity index is 377. The number of hydrogen-bond donors (Lipinski definition) is 1. The lowest BCUT2D eigenvalue weighted by molar-refractivity contribution is 0.217. The van der Waals surface area contributed by atoms with Crippen LogP contribution in [0, 0.1) is 5.92 Å². The van der Waals surface area contributed by atoms with Crippen molar-refractivity contribution < 1.29 is 0 Å². The minimum Gasteiger partial charge on any atom is -0.329 e. The van der Waals surface area contributed by atoms with Crippen molar-refractivity contribution in [3.05, 3.63) is 35.9 Å². The van der Waals surface area contributed by atoms with E-state index in [1.807, 2.05) is 0 Å².